The van der Waals surface area contributed by atoms with Crippen molar-refractivity contribution in [3.63, 3.8) is 0 Å². The van der Waals surface area contributed by atoms with Gasteiger partial charge in [0.05, 0.1) is 27.2 Å². The molecule has 0 aromatic heterocycles. The number of rotatable bonds is 4. The highest BCUT2D eigenvalue weighted by Crippen LogP contribution is 1.76. The molecule has 0 spiro atoms. The summed E-state index contributed by atoms with van der Waals surface area (Å²) in [4.78, 5) is 23.5. The number of quaternary nitrogens is 1. The Bertz CT molecular complexity index is 202. The Morgan fingerprint density at radius 1 is 1.21 bits per heavy atom. The largest absolute Gasteiger partial charge is 0.346 e. The van der Waals surface area contributed by atoms with Gasteiger partial charge in [-0.15, -0.1) is 0 Å². The maximum Gasteiger partial charge on any atom is 0.309 e. The van der Waals surface area contributed by atoms with Gasteiger partial charge in [0.1, 0.15) is 0 Å². The van der Waals surface area contributed by atoms with Gasteiger partial charge < -0.3 is 15.5 Å². The summed E-state index contributed by atoms with van der Waals surface area (Å²) in [6.07, 6.45) is 0. The van der Waals surface area contributed by atoms with Crippen molar-refractivity contribution in [1.29, 1.82) is 0 Å². The van der Waals surface area contributed by atoms with Crippen molar-refractivity contribution in [2.75, 3.05) is 27.2 Å². The Morgan fingerprint density at radius 2 is 1.79 bits per heavy atom. The molecule has 0 saturated heterocycles. The van der Waals surface area contributed by atoms with Crippen molar-refractivity contribution >= 4 is 11.8 Å². The lowest BCUT2D eigenvalue weighted by atomic mass is 10.4. The first kappa shape index (κ1) is 12.9. The summed E-state index contributed by atoms with van der Waals surface area (Å²) in [7, 11) is 3.97. The molecule has 0 fully saturated rings. The fraction of sp³-hybridized carbons (Fsp3) is 0.778. The highest BCUT2D eigenvalue weighted by molar-refractivity contribution is 6.35. The van der Waals surface area contributed by atoms with Gasteiger partial charge >= 0.3 is 11.8 Å². The summed E-state index contributed by atoms with van der Waals surface area (Å²) in [5, 5.41) is 5.07. The van der Waals surface area contributed by atoms with Gasteiger partial charge in [0.25, 0.3) is 0 Å². The zero-order valence-electron chi connectivity index (χ0n) is 9.31. The summed E-state index contributed by atoms with van der Waals surface area (Å²) in [6.45, 7) is 4.96. The second kappa shape index (κ2) is 6.37. The van der Waals surface area contributed by atoms with Gasteiger partial charge in [-0.2, -0.15) is 0 Å². The van der Waals surface area contributed by atoms with Gasteiger partial charge in [0.2, 0.25) is 0 Å². The molecule has 0 aromatic rings. The molecule has 5 nitrogen and oxygen atoms in total. The summed E-state index contributed by atoms with van der Waals surface area (Å²) >= 11 is 0. The van der Waals surface area contributed by atoms with Crippen molar-refractivity contribution in [3.05, 3.63) is 0 Å². The van der Waals surface area contributed by atoms with Crippen LogP contribution in [0.25, 0.3) is 0 Å². The third-order valence-electron chi connectivity index (χ3n) is 1.54. The maximum atomic E-state index is 11.1. The first-order chi connectivity index (χ1) is 6.43. The van der Waals surface area contributed by atoms with Gasteiger partial charge in [0.15, 0.2) is 0 Å². The van der Waals surface area contributed by atoms with E-state index in [0.29, 0.717) is 6.54 Å². The van der Waals surface area contributed by atoms with Crippen molar-refractivity contribution in [2.24, 2.45) is 0 Å². The van der Waals surface area contributed by atoms with Crippen LogP contribution in [0.5, 0.6) is 0 Å². The van der Waals surface area contributed by atoms with E-state index in [1.807, 2.05) is 27.9 Å². The predicted molar refractivity (Wildman–Crippen MR) is 54.0 cm³/mol. The molecule has 14 heavy (non-hydrogen) atoms. The Hall–Kier alpha value is -1.10. The van der Waals surface area contributed by atoms with Gasteiger partial charge in [-0.1, -0.05) is 0 Å². The van der Waals surface area contributed by atoms with Crippen LogP contribution in [-0.4, -0.2) is 45.0 Å². The molecule has 3 N–H and O–H groups in total. The van der Waals surface area contributed by atoms with Crippen LogP contribution < -0.4 is 15.5 Å². The van der Waals surface area contributed by atoms with Crippen molar-refractivity contribution < 1.29 is 14.5 Å². The summed E-state index contributed by atoms with van der Waals surface area (Å²) in [5.41, 5.74) is 0. The highest BCUT2D eigenvalue weighted by Gasteiger charge is 2.13. The molecule has 0 aromatic carbocycles. The summed E-state index contributed by atoms with van der Waals surface area (Å²) in [6, 6.07) is -0.00674. The van der Waals surface area contributed by atoms with E-state index in [0.717, 1.165) is 6.54 Å². The lowest BCUT2D eigenvalue weighted by Crippen LogP contribution is -3.06. The van der Waals surface area contributed by atoms with Crippen LogP contribution in [0.3, 0.4) is 0 Å². The molecule has 0 radical (unpaired) electrons. The van der Waals surface area contributed by atoms with E-state index in [4.69, 9.17) is 0 Å². The zero-order valence-corrected chi connectivity index (χ0v) is 9.31. The van der Waals surface area contributed by atoms with Gasteiger partial charge in [-0.25, -0.2) is 0 Å². The third-order valence-corrected chi connectivity index (χ3v) is 1.54. The van der Waals surface area contributed by atoms with E-state index in [2.05, 4.69) is 10.6 Å². The molecule has 0 aliphatic rings. The summed E-state index contributed by atoms with van der Waals surface area (Å²) in [5.74, 6) is -1.12. The average molecular weight is 202 g/mol. The molecule has 82 valence electrons. The maximum absolute atomic E-state index is 11.1. The van der Waals surface area contributed by atoms with Crippen LogP contribution in [0, 0.1) is 0 Å². The molecule has 0 rings (SSSR count). The summed E-state index contributed by atoms with van der Waals surface area (Å²) < 4.78 is 0. The molecule has 0 aliphatic carbocycles. The fourth-order valence-electron chi connectivity index (χ4n) is 0.834. The first-order valence-corrected chi connectivity index (χ1v) is 4.81. The molecule has 2 amide bonds. The Kier molecular flexibility index (Phi) is 5.87. The smallest absolute Gasteiger partial charge is 0.309 e. The number of amides is 2. The molecule has 0 atom stereocenters. The van der Waals surface area contributed by atoms with Crippen molar-refractivity contribution in [3.8, 4) is 0 Å². The number of hydrogen-bond acceptors (Lipinski definition) is 2. The Labute approximate surface area is 84.8 Å². The van der Waals surface area contributed by atoms with Gasteiger partial charge in [-0.3, -0.25) is 9.59 Å². The van der Waals surface area contributed by atoms with Crippen molar-refractivity contribution in [2.45, 2.75) is 19.9 Å². The van der Waals surface area contributed by atoms with E-state index in [-0.39, 0.29) is 6.04 Å². The molecule has 0 heterocycles. The quantitative estimate of drug-likeness (QED) is 0.452. The lowest BCUT2D eigenvalue weighted by molar-refractivity contribution is -0.856. The topological polar surface area (TPSA) is 62.6 Å². The van der Waals surface area contributed by atoms with E-state index < -0.39 is 11.8 Å². The lowest BCUT2D eigenvalue weighted by Gasteiger charge is -2.10. The fourth-order valence-corrected chi connectivity index (χ4v) is 0.834. The second-order valence-corrected chi connectivity index (χ2v) is 3.84. The van der Waals surface area contributed by atoms with Crippen LogP contribution in [0.4, 0.5) is 0 Å². The van der Waals surface area contributed by atoms with Crippen LogP contribution in [0.2, 0.25) is 0 Å². The number of nitrogens with one attached hydrogen (secondary N) is 3. The highest BCUT2D eigenvalue weighted by atomic mass is 16.2. The third kappa shape index (κ3) is 6.42. The Balaban J connectivity index is 3.68. The molecule has 5 heteroatoms. The predicted octanol–water partition coefficient (Wildman–Crippen LogP) is -2.23. The van der Waals surface area contributed by atoms with E-state index in [1.165, 1.54) is 4.90 Å². The molecule has 0 saturated carbocycles. The molecule has 0 aliphatic heterocycles. The second-order valence-electron chi connectivity index (χ2n) is 3.84. The van der Waals surface area contributed by atoms with E-state index in [1.54, 1.807) is 0 Å². The van der Waals surface area contributed by atoms with E-state index >= 15 is 0 Å². The van der Waals surface area contributed by atoms with E-state index in [9.17, 15) is 9.59 Å². The minimum absolute atomic E-state index is 0.00674. The monoisotopic (exact) mass is 202 g/mol. The van der Waals surface area contributed by atoms with Crippen LogP contribution >= 0.6 is 0 Å². The molecular weight excluding hydrogens is 182 g/mol. The average Bonchev–Trinajstić information content (AvgIpc) is 2.01. The number of hydrogen-bond donors (Lipinski definition) is 3. The van der Waals surface area contributed by atoms with Crippen LogP contribution in [-0.2, 0) is 9.59 Å². The minimum Gasteiger partial charge on any atom is -0.346 e. The van der Waals surface area contributed by atoms with Gasteiger partial charge in [-0.05, 0) is 13.8 Å². The van der Waals surface area contributed by atoms with Crippen LogP contribution in [0.1, 0.15) is 13.8 Å². The first-order valence-electron chi connectivity index (χ1n) is 4.81. The molecular formula is C9H20N3O2+. The number of likely N-dealkylation sites (N-methyl/N-ethyl adjacent to an activating group) is 1. The molecule has 0 bridgehead atoms. The number of carbonyl (C=O) groups is 2. The molecule has 0 unspecified atom stereocenters. The standard InChI is InChI=1S/C9H19N3O2/c1-7(2)11-9(14)8(13)10-5-6-12(3)4/h7H,5-6H2,1-4H3,(H,10,13)(H,11,14)/p+1. The van der Waals surface area contributed by atoms with Gasteiger partial charge in [0, 0.05) is 6.04 Å². The SMILES string of the molecule is CC(C)NC(=O)C(=O)NCC[NH+](C)C. The number of carbonyl (C=O) groups excluding carboxylic acids is 2. The Morgan fingerprint density at radius 3 is 2.21 bits per heavy atom. The zero-order chi connectivity index (χ0) is 11.1. The van der Waals surface area contributed by atoms with Crippen LogP contribution in [0.15, 0.2) is 0 Å². The normalized spacial score (nSPS) is 10.4. The van der Waals surface area contributed by atoms with Crippen molar-refractivity contribution in [1.82, 2.24) is 10.6 Å². The minimum atomic E-state index is -0.561.